The van der Waals surface area contributed by atoms with Crippen molar-refractivity contribution < 1.29 is 9.76 Å². The number of rotatable bonds is 5. The summed E-state index contributed by atoms with van der Waals surface area (Å²) in [6, 6.07) is 13.4. The zero-order valence-corrected chi connectivity index (χ0v) is 15.9. The highest BCUT2D eigenvalue weighted by Gasteiger charge is 2.20. The number of H-pyrrole nitrogens is 1. The molecule has 0 bridgehead atoms. The number of pyridine rings is 1. The van der Waals surface area contributed by atoms with Crippen LogP contribution >= 0.6 is 0 Å². The van der Waals surface area contributed by atoms with E-state index in [0.717, 1.165) is 0 Å². The molecule has 0 unspecified atom stereocenters. The minimum Gasteiger partial charge on any atom is -0.357 e. The zero-order chi connectivity index (χ0) is 20.7. The van der Waals surface area contributed by atoms with Gasteiger partial charge in [-0.05, 0) is 18.6 Å². The molecule has 0 fully saturated rings. The van der Waals surface area contributed by atoms with Crippen LogP contribution in [-0.4, -0.2) is 16.1 Å². The number of nitro groups is 1. The number of benzene rings is 2. The Morgan fingerprint density at radius 1 is 1.21 bits per heavy atom. The quantitative estimate of drug-likeness (QED) is 0.288. The van der Waals surface area contributed by atoms with Crippen LogP contribution in [0.1, 0.15) is 26.3 Å². The smallest absolute Gasteiger partial charge is 0.270 e. The molecule has 2 aromatic carbocycles. The second kappa shape index (κ2) is 9.27. The van der Waals surface area contributed by atoms with Crippen LogP contribution in [0.2, 0.25) is 0 Å². The Balaban J connectivity index is 0.00000136. The van der Waals surface area contributed by atoms with E-state index in [-0.39, 0.29) is 17.0 Å². The van der Waals surface area contributed by atoms with Crippen molar-refractivity contribution in [3.63, 3.8) is 0 Å². The first-order valence-corrected chi connectivity index (χ1v) is 8.77. The molecule has 3 rings (SSSR count). The number of nitrogens with zero attached hydrogens (tertiary/aromatic N) is 2. The number of aromatic nitrogens is 1. The van der Waals surface area contributed by atoms with Crippen molar-refractivity contribution in [3.05, 3.63) is 81.1 Å². The maximum Gasteiger partial charge on any atom is 0.270 e. The molecule has 28 heavy (non-hydrogen) atoms. The molecule has 1 N–H and O–H groups in total. The van der Waals surface area contributed by atoms with Crippen molar-refractivity contribution in [1.29, 1.82) is 0 Å². The Kier molecular flexibility index (Phi) is 6.81. The molecule has 0 aliphatic heterocycles. The number of hydrogen-bond donors (Lipinski definition) is 1. The summed E-state index contributed by atoms with van der Waals surface area (Å²) in [5.74, 6) is 0.0524. The van der Waals surface area contributed by atoms with Crippen LogP contribution in [-0.2, 0) is 4.84 Å². The second-order valence-corrected chi connectivity index (χ2v) is 5.44. The lowest BCUT2D eigenvalue weighted by atomic mass is 9.95. The number of hydrogen-bond acceptors (Lipinski definition) is 5. The Morgan fingerprint density at radius 3 is 2.50 bits per heavy atom. The molecule has 7 heteroatoms. The third-order valence-electron chi connectivity index (χ3n) is 3.82. The van der Waals surface area contributed by atoms with Crippen LogP contribution in [0.4, 0.5) is 5.69 Å². The number of aromatic amines is 1. The molecule has 1 heterocycles. The lowest BCUT2D eigenvalue weighted by Gasteiger charge is -2.13. The van der Waals surface area contributed by atoms with Gasteiger partial charge in [-0.2, -0.15) is 0 Å². The molecule has 0 amide bonds. The van der Waals surface area contributed by atoms with Gasteiger partial charge in [-0.15, -0.1) is 0 Å². The molecule has 0 saturated carbocycles. The Bertz CT molecular complexity index is 1090. The lowest BCUT2D eigenvalue weighted by Crippen LogP contribution is -2.14. The van der Waals surface area contributed by atoms with E-state index in [1.54, 1.807) is 6.92 Å². The van der Waals surface area contributed by atoms with Crippen LogP contribution in [0.5, 0.6) is 0 Å². The third-order valence-corrected chi connectivity index (χ3v) is 3.82. The van der Waals surface area contributed by atoms with E-state index in [0.29, 0.717) is 22.0 Å². The summed E-state index contributed by atoms with van der Waals surface area (Å²) in [5.41, 5.74) is 1.38. The van der Waals surface area contributed by atoms with E-state index in [9.17, 15) is 14.9 Å². The molecule has 7 nitrogen and oxygen atoms in total. The number of non-ortho nitro benzene ring substituents is 1. The summed E-state index contributed by atoms with van der Waals surface area (Å²) in [7, 11) is 0. The summed E-state index contributed by atoms with van der Waals surface area (Å²) in [4.78, 5) is 31.3. The van der Waals surface area contributed by atoms with Gasteiger partial charge in [0.1, 0.15) is 0 Å². The van der Waals surface area contributed by atoms with Crippen molar-refractivity contribution in [2.45, 2.75) is 20.8 Å². The van der Waals surface area contributed by atoms with Gasteiger partial charge in [-0.3, -0.25) is 14.9 Å². The van der Waals surface area contributed by atoms with Gasteiger partial charge >= 0.3 is 0 Å². The molecule has 0 saturated heterocycles. The maximum absolute atomic E-state index is 12.7. The first-order valence-electron chi connectivity index (χ1n) is 8.77. The van der Waals surface area contributed by atoms with E-state index >= 15 is 0 Å². The lowest BCUT2D eigenvalue weighted by molar-refractivity contribution is -0.384. The highest BCUT2D eigenvalue weighted by Crippen LogP contribution is 2.34. The highest BCUT2D eigenvalue weighted by molar-refractivity contribution is 6.00. The first kappa shape index (κ1) is 20.6. The van der Waals surface area contributed by atoms with Gasteiger partial charge in [-0.1, -0.05) is 55.9 Å². The Morgan fingerprint density at radius 2 is 1.89 bits per heavy atom. The van der Waals surface area contributed by atoms with Gasteiger partial charge in [0.15, 0.2) is 5.76 Å². The normalized spacial score (nSPS) is 10.4. The maximum atomic E-state index is 12.7. The molecule has 1 aromatic heterocycles. The van der Waals surface area contributed by atoms with Crippen molar-refractivity contribution >= 4 is 28.6 Å². The van der Waals surface area contributed by atoms with Crippen molar-refractivity contribution in [2.75, 3.05) is 0 Å². The Labute approximate surface area is 162 Å². The van der Waals surface area contributed by atoms with Crippen molar-refractivity contribution in [3.8, 4) is 11.1 Å². The van der Waals surface area contributed by atoms with Gasteiger partial charge in [0.25, 0.3) is 11.2 Å². The number of oxime groups is 1. The van der Waals surface area contributed by atoms with E-state index < -0.39 is 10.5 Å². The van der Waals surface area contributed by atoms with E-state index in [2.05, 4.69) is 16.7 Å². The van der Waals surface area contributed by atoms with Crippen LogP contribution in [0, 0.1) is 10.1 Å². The third kappa shape index (κ3) is 4.15. The minimum absolute atomic E-state index is 0.0524. The fourth-order valence-corrected chi connectivity index (χ4v) is 2.73. The van der Waals surface area contributed by atoms with Crippen molar-refractivity contribution in [2.24, 2.45) is 5.16 Å². The first-order chi connectivity index (χ1) is 13.5. The van der Waals surface area contributed by atoms with Gasteiger partial charge in [0.2, 0.25) is 0 Å². The second-order valence-electron chi connectivity index (χ2n) is 5.44. The van der Waals surface area contributed by atoms with E-state index in [4.69, 9.17) is 4.84 Å². The van der Waals surface area contributed by atoms with Crippen LogP contribution < -0.4 is 5.56 Å². The number of fused-ring (bicyclic) bond motifs is 1. The molecule has 144 valence electrons. The average Bonchev–Trinajstić information content (AvgIpc) is 2.72. The summed E-state index contributed by atoms with van der Waals surface area (Å²) in [6.07, 6.45) is 1.42. The van der Waals surface area contributed by atoms with Crippen LogP contribution in [0.15, 0.2) is 65.1 Å². The standard InChI is InChI=1S/C19H15N3O4.C2H6/c1-3-20-26-12(2)17-18(13-7-5-4-6-8-13)15-11-14(22(24)25)9-10-16(15)21-19(17)23;1-2/h3-11H,2H2,1H3,(H,21,23);1-2H3/b20-3+;. The number of nitrogens with one attached hydrogen (secondary N) is 1. The van der Waals surface area contributed by atoms with Gasteiger partial charge in [0, 0.05) is 34.8 Å². The average molecular weight is 379 g/mol. The van der Waals surface area contributed by atoms with Crippen LogP contribution in [0.3, 0.4) is 0 Å². The van der Waals surface area contributed by atoms with Gasteiger partial charge in [-0.25, -0.2) is 0 Å². The number of nitro benzene ring substituents is 1. The van der Waals surface area contributed by atoms with E-state index in [1.165, 1.54) is 24.4 Å². The molecule has 0 radical (unpaired) electrons. The Hall–Kier alpha value is -3.74. The molecule has 0 aliphatic carbocycles. The molecular weight excluding hydrogens is 358 g/mol. The largest absolute Gasteiger partial charge is 0.357 e. The topological polar surface area (TPSA) is 97.6 Å². The zero-order valence-electron chi connectivity index (χ0n) is 15.9. The summed E-state index contributed by atoms with van der Waals surface area (Å²) >= 11 is 0. The predicted molar refractivity (Wildman–Crippen MR) is 112 cm³/mol. The fourth-order valence-electron chi connectivity index (χ4n) is 2.73. The van der Waals surface area contributed by atoms with Gasteiger partial charge in [0.05, 0.1) is 10.5 Å². The minimum atomic E-state index is -0.480. The fraction of sp³-hybridized carbons (Fsp3) is 0.143. The molecular formula is C21H21N3O4. The molecule has 0 atom stereocenters. The SMILES string of the molecule is C=C(O/N=C/C)c1c(-c2ccccc2)c2cc([N+](=O)[O-])ccc2[nH]c1=O.CC. The summed E-state index contributed by atoms with van der Waals surface area (Å²) < 4.78 is 0. The monoisotopic (exact) mass is 379 g/mol. The highest BCUT2D eigenvalue weighted by atomic mass is 16.6. The van der Waals surface area contributed by atoms with Crippen LogP contribution in [0.25, 0.3) is 27.8 Å². The molecule has 3 aromatic rings. The van der Waals surface area contributed by atoms with E-state index in [1.807, 2.05) is 44.2 Å². The summed E-state index contributed by atoms with van der Waals surface area (Å²) in [5, 5.41) is 15.4. The summed E-state index contributed by atoms with van der Waals surface area (Å²) in [6.45, 7) is 9.45. The van der Waals surface area contributed by atoms with Crippen molar-refractivity contribution in [1.82, 2.24) is 4.98 Å². The molecule has 0 spiro atoms. The molecule has 0 aliphatic rings. The predicted octanol–water partition coefficient (Wildman–Crippen LogP) is 5.12. The van der Waals surface area contributed by atoms with Gasteiger partial charge < -0.3 is 9.82 Å².